The van der Waals surface area contributed by atoms with E-state index in [1.807, 2.05) is 44.2 Å². The van der Waals surface area contributed by atoms with Gasteiger partial charge in [-0.25, -0.2) is 9.59 Å². The average molecular weight is 612 g/mol. The van der Waals surface area contributed by atoms with Crippen molar-refractivity contribution < 1.29 is 33.8 Å². The third kappa shape index (κ3) is 10.9. The minimum Gasteiger partial charge on any atom is -0.508 e. The summed E-state index contributed by atoms with van der Waals surface area (Å²) >= 11 is 0. The van der Waals surface area contributed by atoms with Crippen LogP contribution in [0.5, 0.6) is 5.75 Å². The Bertz CT molecular complexity index is 1300. The van der Waals surface area contributed by atoms with Gasteiger partial charge in [0.25, 0.3) is 0 Å². The van der Waals surface area contributed by atoms with Gasteiger partial charge in [-0.3, -0.25) is 9.59 Å². The molecule has 10 heteroatoms. The molecule has 0 aromatic heterocycles. The number of esters is 1. The molecular formula is C34H49N3O7. The van der Waals surface area contributed by atoms with Crippen LogP contribution in [0.3, 0.4) is 0 Å². The van der Waals surface area contributed by atoms with Gasteiger partial charge in [0.2, 0.25) is 11.8 Å². The molecule has 0 aliphatic carbocycles. The van der Waals surface area contributed by atoms with Crippen LogP contribution in [0.4, 0.5) is 4.79 Å². The van der Waals surface area contributed by atoms with Crippen molar-refractivity contribution in [3.63, 3.8) is 0 Å². The van der Waals surface area contributed by atoms with E-state index in [0.717, 1.165) is 5.56 Å². The van der Waals surface area contributed by atoms with Crippen molar-refractivity contribution in [3.8, 4) is 5.75 Å². The van der Waals surface area contributed by atoms with E-state index in [1.54, 1.807) is 60.6 Å². The summed E-state index contributed by atoms with van der Waals surface area (Å²) in [6.45, 7) is 15.8. The quantitative estimate of drug-likeness (QED) is 0.297. The lowest BCUT2D eigenvalue weighted by molar-refractivity contribution is -0.159. The number of ether oxygens (including phenoxy) is 2. The Balaban J connectivity index is 2.52. The van der Waals surface area contributed by atoms with Gasteiger partial charge in [0, 0.05) is 13.5 Å². The highest BCUT2D eigenvalue weighted by molar-refractivity contribution is 5.94. The van der Waals surface area contributed by atoms with Crippen LogP contribution in [-0.4, -0.2) is 64.2 Å². The Morgan fingerprint density at radius 3 is 2.02 bits per heavy atom. The number of rotatable bonds is 11. The van der Waals surface area contributed by atoms with Crippen molar-refractivity contribution in [2.45, 2.75) is 104 Å². The second-order valence-corrected chi connectivity index (χ2v) is 13.2. The van der Waals surface area contributed by atoms with Crippen LogP contribution in [0.15, 0.2) is 48.5 Å². The summed E-state index contributed by atoms with van der Waals surface area (Å²) in [7, 11) is 1.47. The van der Waals surface area contributed by atoms with Gasteiger partial charge in [0.15, 0.2) is 0 Å². The van der Waals surface area contributed by atoms with Crippen LogP contribution in [0, 0.1) is 12.8 Å². The minimum atomic E-state index is -1.21. The van der Waals surface area contributed by atoms with Crippen molar-refractivity contribution in [1.82, 2.24) is 15.5 Å². The molecule has 3 amide bonds. The monoisotopic (exact) mass is 611 g/mol. The van der Waals surface area contributed by atoms with Crippen molar-refractivity contribution in [2.75, 3.05) is 7.05 Å². The normalized spacial score (nSPS) is 14.4. The van der Waals surface area contributed by atoms with E-state index < -0.39 is 53.2 Å². The fourth-order valence-corrected chi connectivity index (χ4v) is 4.53. The number of nitrogens with zero attached hydrogens (tertiary/aromatic N) is 1. The van der Waals surface area contributed by atoms with Gasteiger partial charge in [-0.1, -0.05) is 56.7 Å². The van der Waals surface area contributed by atoms with Crippen LogP contribution >= 0.6 is 0 Å². The molecule has 44 heavy (non-hydrogen) atoms. The zero-order valence-corrected chi connectivity index (χ0v) is 27.7. The van der Waals surface area contributed by atoms with Crippen LogP contribution < -0.4 is 10.6 Å². The fraction of sp³-hybridized carbons (Fsp3) is 0.529. The smallest absolute Gasteiger partial charge is 0.408 e. The number of amides is 3. The highest BCUT2D eigenvalue weighted by Crippen LogP contribution is 2.27. The second kappa shape index (κ2) is 15.1. The molecule has 0 bridgehead atoms. The van der Waals surface area contributed by atoms with Gasteiger partial charge in [0.1, 0.15) is 35.1 Å². The zero-order chi connectivity index (χ0) is 33.4. The molecule has 4 unspecified atom stereocenters. The Morgan fingerprint density at radius 1 is 0.909 bits per heavy atom. The zero-order valence-electron chi connectivity index (χ0n) is 27.7. The second-order valence-electron chi connectivity index (χ2n) is 13.2. The third-order valence-corrected chi connectivity index (χ3v) is 6.96. The van der Waals surface area contributed by atoms with Crippen LogP contribution in [0.2, 0.25) is 0 Å². The molecule has 3 N–H and O–H groups in total. The summed E-state index contributed by atoms with van der Waals surface area (Å²) in [5.41, 5.74) is 0.147. The molecule has 0 radical (unpaired) electrons. The molecule has 10 nitrogen and oxygen atoms in total. The SMILES string of the molecule is CCC(C)C(NC(=O)OC(C)(C)C)C(=O)N(C)C(C(=O)NC(Cc1ccccc1)C(=O)OC(C)(C)C)c1ccc(O)c(C)c1. The molecule has 2 rings (SSSR count). The lowest BCUT2D eigenvalue weighted by Crippen LogP contribution is -2.55. The molecular weight excluding hydrogens is 562 g/mol. The highest BCUT2D eigenvalue weighted by Gasteiger charge is 2.38. The maximum absolute atomic E-state index is 14.1. The van der Waals surface area contributed by atoms with Gasteiger partial charge in [0.05, 0.1) is 0 Å². The number of aryl methyl sites for hydroxylation is 1. The van der Waals surface area contributed by atoms with E-state index in [1.165, 1.54) is 18.0 Å². The largest absolute Gasteiger partial charge is 0.508 e. The maximum Gasteiger partial charge on any atom is 0.408 e. The van der Waals surface area contributed by atoms with E-state index in [0.29, 0.717) is 17.5 Å². The lowest BCUT2D eigenvalue weighted by atomic mass is 9.95. The van der Waals surface area contributed by atoms with E-state index in [-0.39, 0.29) is 18.1 Å². The number of carbonyl (C=O) groups excluding carboxylic acids is 4. The Labute approximate surface area is 261 Å². The summed E-state index contributed by atoms with van der Waals surface area (Å²) in [5.74, 6) is -2.03. The molecule has 2 aromatic carbocycles. The Morgan fingerprint density at radius 2 is 1.50 bits per heavy atom. The predicted octanol–water partition coefficient (Wildman–Crippen LogP) is 5.21. The number of nitrogens with one attached hydrogen (secondary N) is 2. The number of carbonyl (C=O) groups is 4. The molecule has 0 fully saturated rings. The summed E-state index contributed by atoms with van der Waals surface area (Å²) < 4.78 is 11.1. The molecule has 0 spiro atoms. The first-order valence-corrected chi connectivity index (χ1v) is 15.0. The summed E-state index contributed by atoms with van der Waals surface area (Å²) in [5, 5.41) is 15.7. The first-order valence-electron chi connectivity index (χ1n) is 15.0. The van der Waals surface area contributed by atoms with Gasteiger partial charge in [-0.2, -0.15) is 0 Å². The molecule has 0 saturated carbocycles. The molecule has 2 aromatic rings. The van der Waals surface area contributed by atoms with Crippen LogP contribution in [0.1, 0.15) is 84.5 Å². The molecule has 4 atom stereocenters. The average Bonchev–Trinajstić information content (AvgIpc) is 2.91. The number of phenolic OH excluding ortho intramolecular Hbond substituents is 1. The van der Waals surface area contributed by atoms with Gasteiger partial charge in [-0.15, -0.1) is 0 Å². The molecule has 0 aliphatic heterocycles. The van der Waals surface area contributed by atoms with Crippen LogP contribution in [-0.2, 0) is 30.3 Å². The Kier molecular flexibility index (Phi) is 12.4. The first kappa shape index (κ1) is 36.1. The number of benzene rings is 2. The highest BCUT2D eigenvalue weighted by atomic mass is 16.6. The lowest BCUT2D eigenvalue weighted by Gasteiger charge is -2.34. The topological polar surface area (TPSA) is 134 Å². The van der Waals surface area contributed by atoms with E-state index in [4.69, 9.17) is 9.47 Å². The first-order chi connectivity index (χ1) is 20.3. The van der Waals surface area contributed by atoms with Crippen molar-refractivity contribution in [1.29, 1.82) is 0 Å². The summed E-state index contributed by atoms with van der Waals surface area (Å²) in [4.78, 5) is 55.5. The van der Waals surface area contributed by atoms with E-state index >= 15 is 0 Å². The number of phenols is 1. The molecule has 0 aliphatic rings. The van der Waals surface area contributed by atoms with Crippen molar-refractivity contribution >= 4 is 23.9 Å². The third-order valence-electron chi connectivity index (χ3n) is 6.96. The van der Waals surface area contributed by atoms with E-state index in [9.17, 15) is 24.3 Å². The van der Waals surface area contributed by atoms with Gasteiger partial charge >= 0.3 is 12.1 Å². The standard InChI is InChI=1S/C34H49N3O7/c1-11-21(2)27(36-32(42)44-34(7,8)9)30(40)37(10)28(24-17-18-26(38)22(3)19-24)29(39)35-25(31(41)43-33(4,5)6)20-23-15-13-12-14-16-23/h12-19,21,25,27-28,38H,11,20H2,1-10H3,(H,35,39)(H,36,42). The number of likely N-dealkylation sites (N-methyl/N-ethyl adjacent to an activating group) is 1. The predicted molar refractivity (Wildman–Crippen MR) is 169 cm³/mol. The number of hydrogen-bond donors (Lipinski definition) is 3. The van der Waals surface area contributed by atoms with Crippen LogP contribution in [0.25, 0.3) is 0 Å². The number of hydrogen-bond acceptors (Lipinski definition) is 7. The summed E-state index contributed by atoms with van der Waals surface area (Å²) in [6, 6.07) is 10.6. The number of alkyl carbamates (subject to hydrolysis) is 1. The van der Waals surface area contributed by atoms with Gasteiger partial charge in [-0.05, 0) is 83.2 Å². The molecule has 0 heterocycles. The molecule has 0 saturated heterocycles. The fourth-order valence-electron chi connectivity index (χ4n) is 4.53. The number of aromatic hydroxyl groups is 1. The molecule has 242 valence electrons. The summed E-state index contributed by atoms with van der Waals surface area (Å²) in [6.07, 6.45) is -0.0256. The van der Waals surface area contributed by atoms with E-state index in [2.05, 4.69) is 10.6 Å². The minimum absolute atomic E-state index is 0.0293. The Hall–Kier alpha value is -4.08. The van der Waals surface area contributed by atoms with Crippen molar-refractivity contribution in [3.05, 3.63) is 65.2 Å². The maximum atomic E-state index is 14.1. The van der Waals surface area contributed by atoms with Gasteiger partial charge < -0.3 is 30.1 Å². The van der Waals surface area contributed by atoms with Crippen molar-refractivity contribution in [2.24, 2.45) is 5.92 Å².